The van der Waals surface area contributed by atoms with E-state index in [0.29, 0.717) is 18.8 Å². The largest absolute Gasteiger partial charge is 0.480 e. The van der Waals surface area contributed by atoms with Gasteiger partial charge in [-0.25, -0.2) is 9.59 Å². The van der Waals surface area contributed by atoms with Crippen LogP contribution in [0.2, 0.25) is 0 Å². The van der Waals surface area contributed by atoms with Gasteiger partial charge in [-0.1, -0.05) is 13.3 Å². The SMILES string of the molecule is CCCC1CCN(C(=O)NC2(C(=O)O)CCC2)C1. The average Bonchev–Trinajstić information content (AvgIpc) is 2.71. The molecular formula is C13H22N2O3. The maximum absolute atomic E-state index is 12.1. The minimum absolute atomic E-state index is 0.198. The van der Waals surface area contributed by atoms with Crippen molar-refractivity contribution in [2.45, 2.75) is 51.0 Å². The number of hydrogen-bond donors (Lipinski definition) is 2. The molecule has 2 rings (SSSR count). The van der Waals surface area contributed by atoms with Crippen molar-refractivity contribution in [2.75, 3.05) is 13.1 Å². The molecule has 0 bridgehead atoms. The number of aliphatic carboxylic acids is 1. The fourth-order valence-electron chi connectivity index (χ4n) is 2.87. The Morgan fingerprint density at radius 3 is 2.67 bits per heavy atom. The predicted molar refractivity (Wildman–Crippen MR) is 67.3 cm³/mol. The van der Waals surface area contributed by atoms with E-state index < -0.39 is 11.5 Å². The van der Waals surface area contributed by atoms with Crippen molar-refractivity contribution in [3.05, 3.63) is 0 Å². The molecule has 1 aliphatic carbocycles. The Hall–Kier alpha value is -1.26. The van der Waals surface area contributed by atoms with Gasteiger partial charge in [0.25, 0.3) is 0 Å². The van der Waals surface area contributed by atoms with E-state index in [1.54, 1.807) is 4.90 Å². The summed E-state index contributed by atoms with van der Waals surface area (Å²) in [5, 5.41) is 11.9. The number of carbonyl (C=O) groups excluding carboxylic acids is 1. The molecule has 5 nitrogen and oxygen atoms in total. The standard InChI is InChI=1S/C13H22N2O3/c1-2-4-10-5-8-15(9-10)12(18)14-13(11(16)17)6-3-7-13/h10H,2-9H2,1H3,(H,14,18)(H,16,17). The first-order chi connectivity index (χ1) is 8.57. The fraction of sp³-hybridized carbons (Fsp3) is 0.846. The zero-order valence-electron chi connectivity index (χ0n) is 10.9. The Kier molecular flexibility index (Phi) is 3.78. The molecule has 1 saturated carbocycles. The molecule has 102 valence electrons. The summed E-state index contributed by atoms with van der Waals surface area (Å²) in [6.45, 7) is 3.68. The average molecular weight is 254 g/mol. The summed E-state index contributed by atoms with van der Waals surface area (Å²) in [5.41, 5.74) is -0.986. The Morgan fingerprint density at radius 1 is 1.44 bits per heavy atom. The molecule has 1 aliphatic heterocycles. The van der Waals surface area contributed by atoms with E-state index in [9.17, 15) is 14.7 Å². The summed E-state index contributed by atoms with van der Waals surface area (Å²) < 4.78 is 0. The van der Waals surface area contributed by atoms with Crippen molar-refractivity contribution in [1.82, 2.24) is 10.2 Å². The van der Waals surface area contributed by atoms with Crippen LogP contribution in [0.3, 0.4) is 0 Å². The lowest BCUT2D eigenvalue weighted by Crippen LogP contribution is -2.61. The maximum Gasteiger partial charge on any atom is 0.329 e. The van der Waals surface area contributed by atoms with Gasteiger partial charge in [-0.3, -0.25) is 0 Å². The Morgan fingerprint density at radius 2 is 2.17 bits per heavy atom. The molecule has 0 radical (unpaired) electrons. The van der Waals surface area contributed by atoms with Gasteiger partial charge in [0.1, 0.15) is 5.54 Å². The molecule has 1 atom stereocenters. The van der Waals surface area contributed by atoms with Gasteiger partial charge < -0.3 is 15.3 Å². The van der Waals surface area contributed by atoms with Crippen molar-refractivity contribution in [3.8, 4) is 0 Å². The minimum atomic E-state index is -0.986. The highest BCUT2D eigenvalue weighted by atomic mass is 16.4. The van der Waals surface area contributed by atoms with Gasteiger partial charge in [-0.2, -0.15) is 0 Å². The molecule has 0 aromatic carbocycles. The van der Waals surface area contributed by atoms with Crippen LogP contribution in [-0.4, -0.2) is 40.6 Å². The number of carbonyl (C=O) groups is 2. The van der Waals surface area contributed by atoms with Gasteiger partial charge >= 0.3 is 12.0 Å². The number of urea groups is 1. The van der Waals surface area contributed by atoms with Crippen molar-refractivity contribution < 1.29 is 14.7 Å². The predicted octanol–water partition coefficient (Wildman–Crippen LogP) is 1.83. The number of hydrogen-bond acceptors (Lipinski definition) is 2. The van der Waals surface area contributed by atoms with Crippen molar-refractivity contribution in [1.29, 1.82) is 0 Å². The normalized spacial score (nSPS) is 25.6. The maximum atomic E-state index is 12.1. The topological polar surface area (TPSA) is 69.6 Å². The lowest BCUT2D eigenvalue weighted by atomic mass is 9.77. The molecule has 1 saturated heterocycles. The first-order valence-corrected chi connectivity index (χ1v) is 6.88. The minimum Gasteiger partial charge on any atom is -0.480 e. The Bertz CT molecular complexity index is 339. The van der Waals surface area contributed by atoms with Crippen LogP contribution in [0.1, 0.15) is 45.4 Å². The van der Waals surface area contributed by atoms with Crippen LogP contribution in [0, 0.1) is 5.92 Å². The molecule has 1 unspecified atom stereocenters. The van der Waals surface area contributed by atoms with E-state index in [1.165, 1.54) is 0 Å². The molecule has 2 aliphatic rings. The summed E-state index contributed by atoms with van der Waals surface area (Å²) in [6, 6.07) is -0.198. The van der Waals surface area contributed by atoms with E-state index >= 15 is 0 Å². The number of nitrogens with zero attached hydrogens (tertiary/aromatic N) is 1. The summed E-state index contributed by atoms with van der Waals surface area (Å²) >= 11 is 0. The quantitative estimate of drug-likeness (QED) is 0.804. The molecule has 0 aromatic rings. The smallest absolute Gasteiger partial charge is 0.329 e. The first-order valence-electron chi connectivity index (χ1n) is 6.88. The summed E-state index contributed by atoms with van der Waals surface area (Å²) in [7, 11) is 0. The van der Waals surface area contributed by atoms with Crippen LogP contribution in [0.4, 0.5) is 4.79 Å². The first kappa shape index (κ1) is 13.2. The number of nitrogens with one attached hydrogen (secondary N) is 1. The van der Waals surface area contributed by atoms with E-state index in [-0.39, 0.29) is 6.03 Å². The van der Waals surface area contributed by atoms with Crippen molar-refractivity contribution in [3.63, 3.8) is 0 Å². The second-order valence-electron chi connectivity index (χ2n) is 5.56. The third-order valence-electron chi connectivity index (χ3n) is 4.23. The summed E-state index contributed by atoms with van der Waals surface area (Å²) in [6.07, 6.45) is 5.32. The summed E-state index contributed by atoms with van der Waals surface area (Å²) in [4.78, 5) is 25.0. The zero-order valence-corrected chi connectivity index (χ0v) is 10.9. The summed E-state index contributed by atoms with van der Waals surface area (Å²) in [5.74, 6) is -0.311. The highest BCUT2D eigenvalue weighted by Gasteiger charge is 2.46. The van der Waals surface area contributed by atoms with Crippen molar-refractivity contribution >= 4 is 12.0 Å². The molecule has 2 amide bonds. The highest BCUT2D eigenvalue weighted by Crippen LogP contribution is 2.32. The van der Waals surface area contributed by atoms with Crippen LogP contribution in [0.5, 0.6) is 0 Å². The fourth-order valence-corrected chi connectivity index (χ4v) is 2.87. The van der Waals surface area contributed by atoms with Crippen LogP contribution in [0.15, 0.2) is 0 Å². The molecule has 1 heterocycles. The lowest BCUT2D eigenvalue weighted by molar-refractivity contribution is -0.148. The van der Waals surface area contributed by atoms with Crippen LogP contribution in [0.25, 0.3) is 0 Å². The van der Waals surface area contributed by atoms with E-state index in [0.717, 1.165) is 38.8 Å². The number of rotatable bonds is 4. The number of carboxylic acid groups (broad SMARTS) is 1. The third kappa shape index (κ3) is 2.44. The van der Waals surface area contributed by atoms with Crippen LogP contribution >= 0.6 is 0 Å². The number of carboxylic acids is 1. The molecule has 2 fully saturated rings. The van der Waals surface area contributed by atoms with Gasteiger partial charge in [0.15, 0.2) is 0 Å². The molecule has 18 heavy (non-hydrogen) atoms. The number of likely N-dealkylation sites (tertiary alicyclic amines) is 1. The molecule has 2 N–H and O–H groups in total. The molecular weight excluding hydrogens is 232 g/mol. The lowest BCUT2D eigenvalue weighted by Gasteiger charge is -2.39. The van der Waals surface area contributed by atoms with Crippen LogP contribution in [-0.2, 0) is 4.79 Å². The van der Waals surface area contributed by atoms with Crippen LogP contribution < -0.4 is 5.32 Å². The van der Waals surface area contributed by atoms with Gasteiger partial charge in [-0.15, -0.1) is 0 Å². The van der Waals surface area contributed by atoms with E-state index in [1.807, 2.05) is 0 Å². The molecule has 0 spiro atoms. The Labute approximate surface area is 108 Å². The van der Waals surface area contributed by atoms with Gasteiger partial charge in [-0.05, 0) is 38.0 Å². The Balaban J connectivity index is 1.87. The van der Waals surface area contributed by atoms with E-state index in [4.69, 9.17) is 0 Å². The zero-order chi connectivity index (χ0) is 13.2. The highest BCUT2D eigenvalue weighted by molar-refractivity contribution is 5.87. The third-order valence-corrected chi connectivity index (χ3v) is 4.23. The second-order valence-corrected chi connectivity index (χ2v) is 5.56. The molecule has 0 aromatic heterocycles. The second kappa shape index (κ2) is 5.16. The molecule has 5 heteroatoms. The monoisotopic (exact) mass is 254 g/mol. The van der Waals surface area contributed by atoms with Gasteiger partial charge in [0.05, 0.1) is 0 Å². The number of amides is 2. The van der Waals surface area contributed by atoms with E-state index in [2.05, 4.69) is 12.2 Å². The van der Waals surface area contributed by atoms with Crippen molar-refractivity contribution in [2.24, 2.45) is 5.92 Å². The van der Waals surface area contributed by atoms with Gasteiger partial charge in [0, 0.05) is 13.1 Å². The van der Waals surface area contributed by atoms with Gasteiger partial charge in [0.2, 0.25) is 0 Å².